The van der Waals surface area contributed by atoms with E-state index in [9.17, 15) is 14.4 Å². The number of urea groups is 1. The Balaban J connectivity index is 1.42. The lowest BCUT2D eigenvalue weighted by molar-refractivity contribution is -0.125. The second-order valence-corrected chi connectivity index (χ2v) is 7.82. The fraction of sp³-hybridized carbons (Fsp3) is 0.611. The van der Waals surface area contributed by atoms with E-state index in [4.69, 9.17) is 0 Å². The minimum Gasteiger partial charge on any atom is -0.359 e. The van der Waals surface area contributed by atoms with Gasteiger partial charge in [0.1, 0.15) is 0 Å². The third-order valence-electron chi connectivity index (χ3n) is 5.26. The molecule has 0 unspecified atom stereocenters. The van der Waals surface area contributed by atoms with Gasteiger partial charge in [0.15, 0.2) is 0 Å². The number of amides is 4. The number of nitrogens with one attached hydrogen (secondary N) is 2. The van der Waals surface area contributed by atoms with Gasteiger partial charge in [-0.15, -0.1) is 11.3 Å². The minimum atomic E-state index is -0.0587. The Morgan fingerprint density at radius 2 is 1.69 bits per heavy atom. The van der Waals surface area contributed by atoms with Gasteiger partial charge >= 0.3 is 6.03 Å². The molecule has 1 aromatic heterocycles. The summed E-state index contributed by atoms with van der Waals surface area (Å²) in [5.41, 5.74) is 0. The van der Waals surface area contributed by atoms with Crippen molar-refractivity contribution in [2.75, 3.05) is 33.2 Å². The molecular weight excluding hydrogens is 352 g/mol. The second-order valence-electron chi connectivity index (χ2n) is 6.87. The van der Waals surface area contributed by atoms with Crippen molar-refractivity contribution in [3.63, 3.8) is 0 Å². The van der Waals surface area contributed by atoms with Gasteiger partial charge in [0, 0.05) is 45.2 Å². The summed E-state index contributed by atoms with van der Waals surface area (Å²) in [4.78, 5) is 40.8. The summed E-state index contributed by atoms with van der Waals surface area (Å²) in [6, 6.07) is 3.78. The van der Waals surface area contributed by atoms with Gasteiger partial charge in [0.05, 0.1) is 4.88 Å². The molecule has 2 heterocycles. The molecule has 0 bridgehead atoms. The number of carbonyl (C=O) groups excluding carboxylic acids is 3. The lowest BCUT2D eigenvalue weighted by Gasteiger charge is -2.36. The largest absolute Gasteiger partial charge is 0.359 e. The summed E-state index contributed by atoms with van der Waals surface area (Å²) in [6.45, 7) is 2.23. The summed E-state index contributed by atoms with van der Waals surface area (Å²) in [7, 11) is 1.67. The molecule has 3 rings (SSSR count). The topological polar surface area (TPSA) is 81.8 Å². The van der Waals surface area contributed by atoms with Crippen LogP contribution in [0, 0.1) is 5.92 Å². The molecule has 2 N–H and O–H groups in total. The molecule has 142 valence electrons. The van der Waals surface area contributed by atoms with Crippen LogP contribution in [0.15, 0.2) is 17.5 Å². The molecule has 8 heteroatoms. The first-order valence-corrected chi connectivity index (χ1v) is 10.1. The van der Waals surface area contributed by atoms with E-state index in [1.165, 1.54) is 11.3 Å². The number of thiophene rings is 1. The molecule has 0 spiro atoms. The first kappa shape index (κ1) is 18.7. The predicted molar refractivity (Wildman–Crippen MR) is 100 cm³/mol. The van der Waals surface area contributed by atoms with E-state index in [-0.39, 0.29) is 29.8 Å². The van der Waals surface area contributed by atoms with Crippen molar-refractivity contribution in [1.29, 1.82) is 0 Å². The van der Waals surface area contributed by atoms with Crippen molar-refractivity contribution in [2.24, 2.45) is 5.92 Å². The molecule has 2 aliphatic rings. The summed E-state index contributed by atoms with van der Waals surface area (Å²) >= 11 is 1.45. The molecule has 0 aromatic carbocycles. The Kier molecular flexibility index (Phi) is 6.13. The SMILES string of the molecule is CNC(=O)C1CCC(NC(=O)N2CCN(C(=O)c3cccs3)CC2)CC1. The normalized spacial score (nSPS) is 23.4. The summed E-state index contributed by atoms with van der Waals surface area (Å²) in [5, 5.41) is 7.69. The maximum absolute atomic E-state index is 12.5. The Hall–Kier alpha value is -2.09. The van der Waals surface area contributed by atoms with Gasteiger partial charge in [-0.2, -0.15) is 0 Å². The highest BCUT2D eigenvalue weighted by Gasteiger charge is 2.29. The van der Waals surface area contributed by atoms with Crippen LogP contribution in [0.4, 0.5) is 4.79 Å². The molecule has 7 nitrogen and oxygen atoms in total. The Morgan fingerprint density at radius 1 is 1.04 bits per heavy atom. The highest BCUT2D eigenvalue weighted by atomic mass is 32.1. The zero-order chi connectivity index (χ0) is 18.5. The average molecular weight is 378 g/mol. The molecule has 1 aliphatic carbocycles. The van der Waals surface area contributed by atoms with E-state index in [1.807, 2.05) is 22.4 Å². The highest BCUT2D eigenvalue weighted by molar-refractivity contribution is 7.12. The van der Waals surface area contributed by atoms with Gasteiger partial charge in [-0.25, -0.2) is 4.79 Å². The predicted octanol–water partition coefficient (Wildman–Crippen LogP) is 1.52. The summed E-state index contributed by atoms with van der Waals surface area (Å²) in [5.74, 6) is 0.217. The van der Waals surface area contributed by atoms with Crippen LogP contribution in [0.1, 0.15) is 35.4 Å². The van der Waals surface area contributed by atoms with Crippen LogP contribution < -0.4 is 10.6 Å². The third-order valence-corrected chi connectivity index (χ3v) is 6.12. The van der Waals surface area contributed by atoms with Crippen molar-refractivity contribution in [3.8, 4) is 0 Å². The van der Waals surface area contributed by atoms with Crippen LogP contribution >= 0.6 is 11.3 Å². The van der Waals surface area contributed by atoms with Gasteiger partial charge in [0.2, 0.25) is 5.91 Å². The van der Waals surface area contributed by atoms with Crippen LogP contribution in [-0.4, -0.2) is 66.9 Å². The Morgan fingerprint density at radius 3 is 2.27 bits per heavy atom. The van der Waals surface area contributed by atoms with Crippen molar-refractivity contribution in [2.45, 2.75) is 31.7 Å². The van der Waals surface area contributed by atoms with Gasteiger partial charge < -0.3 is 20.4 Å². The first-order valence-electron chi connectivity index (χ1n) is 9.18. The Bertz CT molecular complexity index is 633. The molecule has 26 heavy (non-hydrogen) atoms. The van der Waals surface area contributed by atoms with E-state index in [1.54, 1.807) is 11.9 Å². The van der Waals surface area contributed by atoms with Gasteiger partial charge in [-0.3, -0.25) is 9.59 Å². The number of piperazine rings is 1. The number of hydrogen-bond donors (Lipinski definition) is 2. The zero-order valence-electron chi connectivity index (χ0n) is 15.1. The first-order chi connectivity index (χ1) is 12.6. The van der Waals surface area contributed by atoms with E-state index in [2.05, 4.69) is 10.6 Å². The fourth-order valence-electron chi connectivity index (χ4n) is 3.64. The molecule has 4 amide bonds. The molecule has 1 aromatic rings. The fourth-order valence-corrected chi connectivity index (χ4v) is 4.33. The number of carbonyl (C=O) groups is 3. The van der Waals surface area contributed by atoms with Crippen LogP contribution in [0.2, 0.25) is 0 Å². The zero-order valence-corrected chi connectivity index (χ0v) is 15.9. The van der Waals surface area contributed by atoms with Crippen LogP contribution in [0.3, 0.4) is 0 Å². The molecule has 1 saturated heterocycles. The minimum absolute atomic E-state index is 0.0487. The van der Waals surface area contributed by atoms with Crippen molar-refractivity contribution >= 4 is 29.2 Å². The van der Waals surface area contributed by atoms with Gasteiger partial charge in [-0.1, -0.05) is 6.07 Å². The standard InChI is InChI=1S/C18H26N4O3S/c1-19-16(23)13-4-6-14(7-5-13)20-18(25)22-10-8-21(9-11-22)17(24)15-3-2-12-26-15/h2-3,12-14H,4-11H2,1H3,(H,19,23)(H,20,25). The molecule has 0 atom stereocenters. The number of rotatable bonds is 3. The van der Waals surface area contributed by atoms with Crippen LogP contribution in [0.25, 0.3) is 0 Å². The molecule has 2 fully saturated rings. The number of nitrogens with zero attached hydrogens (tertiary/aromatic N) is 2. The van der Waals surface area contributed by atoms with Gasteiger partial charge in [0.25, 0.3) is 5.91 Å². The van der Waals surface area contributed by atoms with E-state index < -0.39 is 0 Å². The molecule has 1 aliphatic heterocycles. The number of hydrogen-bond acceptors (Lipinski definition) is 4. The maximum atomic E-state index is 12.5. The average Bonchev–Trinajstić information content (AvgIpc) is 3.22. The van der Waals surface area contributed by atoms with E-state index in [0.717, 1.165) is 30.6 Å². The molecule has 0 radical (unpaired) electrons. The second kappa shape index (κ2) is 8.53. The van der Waals surface area contributed by atoms with Crippen LogP contribution in [-0.2, 0) is 4.79 Å². The summed E-state index contributed by atoms with van der Waals surface area (Å²) < 4.78 is 0. The molecular formula is C18H26N4O3S. The van der Waals surface area contributed by atoms with Gasteiger partial charge in [-0.05, 0) is 37.1 Å². The van der Waals surface area contributed by atoms with Crippen molar-refractivity contribution < 1.29 is 14.4 Å². The van der Waals surface area contributed by atoms with E-state index >= 15 is 0 Å². The highest BCUT2D eigenvalue weighted by Crippen LogP contribution is 2.24. The van der Waals surface area contributed by atoms with Crippen molar-refractivity contribution in [3.05, 3.63) is 22.4 Å². The lowest BCUT2D eigenvalue weighted by Crippen LogP contribution is -2.54. The third kappa shape index (κ3) is 4.35. The maximum Gasteiger partial charge on any atom is 0.317 e. The van der Waals surface area contributed by atoms with Crippen LogP contribution in [0.5, 0.6) is 0 Å². The Labute approximate surface area is 157 Å². The summed E-state index contributed by atoms with van der Waals surface area (Å²) in [6.07, 6.45) is 3.29. The quantitative estimate of drug-likeness (QED) is 0.837. The van der Waals surface area contributed by atoms with Crippen molar-refractivity contribution in [1.82, 2.24) is 20.4 Å². The monoisotopic (exact) mass is 378 g/mol. The van der Waals surface area contributed by atoms with E-state index in [0.29, 0.717) is 26.2 Å². The molecule has 1 saturated carbocycles. The lowest BCUT2D eigenvalue weighted by atomic mass is 9.85. The smallest absolute Gasteiger partial charge is 0.317 e.